The molecule has 0 spiro atoms. The van der Waals surface area contributed by atoms with Crippen LogP contribution in [0.3, 0.4) is 0 Å². The number of fused-ring (bicyclic) bond motifs is 3. The number of carboxylic acid groups (broad SMARTS) is 3. The summed E-state index contributed by atoms with van der Waals surface area (Å²) in [6.07, 6.45) is 14.3. The molecule has 0 aliphatic heterocycles. The molecule has 0 bridgehead atoms. The fourth-order valence-corrected chi connectivity index (χ4v) is 3.72. The van der Waals surface area contributed by atoms with Gasteiger partial charge in [-0.15, -0.1) is 0 Å². The van der Waals surface area contributed by atoms with E-state index in [1.54, 1.807) is 22.3 Å². The van der Waals surface area contributed by atoms with Gasteiger partial charge >= 0.3 is 17.9 Å². The van der Waals surface area contributed by atoms with Crippen molar-refractivity contribution in [3.05, 3.63) is 28.3 Å². The maximum Gasteiger partial charge on any atom is 0.303 e. The Balaban J connectivity index is 0. The quantitative estimate of drug-likeness (QED) is 0.348. The van der Waals surface area contributed by atoms with E-state index in [0.717, 1.165) is 19.3 Å². The molecular formula is C25H41O6Ti-. The molecule has 3 rings (SSSR count). The number of carbonyl (C=O) groups is 3. The van der Waals surface area contributed by atoms with Crippen molar-refractivity contribution in [1.82, 2.24) is 0 Å². The van der Waals surface area contributed by atoms with Gasteiger partial charge in [0.2, 0.25) is 0 Å². The topological polar surface area (TPSA) is 112 Å². The Bertz CT molecular complexity index is 597. The second kappa shape index (κ2) is 20.1. The summed E-state index contributed by atoms with van der Waals surface area (Å²) in [4.78, 5) is 28.8. The largest absolute Gasteiger partial charge is 0.481 e. The van der Waals surface area contributed by atoms with E-state index in [2.05, 4.69) is 6.07 Å². The Hall–Kier alpha value is -1.53. The monoisotopic (exact) mass is 485 g/mol. The number of aliphatic carboxylic acids is 3. The first-order valence-electron chi connectivity index (χ1n) is 11.7. The molecule has 0 radical (unpaired) electrons. The molecule has 182 valence electrons. The van der Waals surface area contributed by atoms with Crippen molar-refractivity contribution >= 4 is 17.9 Å². The molecule has 0 unspecified atom stereocenters. The molecular weight excluding hydrogens is 444 g/mol. The smallest absolute Gasteiger partial charge is 0.303 e. The van der Waals surface area contributed by atoms with E-state index >= 15 is 0 Å². The van der Waals surface area contributed by atoms with E-state index in [1.165, 1.54) is 51.4 Å². The van der Waals surface area contributed by atoms with Crippen molar-refractivity contribution in [3.63, 3.8) is 0 Å². The summed E-state index contributed by atoms with van der Waals surface area (Å²) < 4.78 is 0. The second-order valence-electron chi connectivity index (χ2n) is 8.00. The Morgan fingerprint density at radius 3 is 1.12 bits per heavy atom. The fraction of sp³-hybridized carbons (Fsp3) is 0.680. The van der Waals surface area contributed by atoms with E-state index in [1.807, 2.05) is 20.8 Å². The van der Waals surface area contributed by atoms with Crippen molar-refractivity contribution in [3.8, 4) is 0 Å². The van der Waals surface area contributed by atoms with Crippen LogP contribution in [-0.2, 0) is 61.8 Å². The molecule has 0 fully saturated rings. The second-order valence-corrected chi connectivity index (χ2v) is 8.00. The molecule has 0 saturated heterocycles. The van der Waals surface area contributed by atoms with Gasteiger partial charge in [0.25, 0.3) is 0 Å². The number of hydrogen-bond donors (Lipinski definition) is 3. The van der Waals surface area contributed by atoms with Gasteiger partial charge in [-0.3, -0.25) is 14.4 Å². The summed E-state index contributed by atoms with van der Waals surface area (Å²) in [7, 11) is 0. The summed E-state index contributed by atoms with van der Waals surface area (Å²) in [5.74, 6) is -2.13. The molecule has 0 amide bonds. The molecule has 1 aromatic carbocycles. The molecule has 0 heterocycles. The van der Waals surface area contributed by atoms with Gasteiger partial charge in [-0.1, -0.05) is 72.1 Å². The summed E-state index contributed by atoms with van der Waals surface area (Å²) in [6, 6.07) is 2.52. The SMILES string of the molecule is CCCC(=O)O.CCCC(=O)O.CCCC(=O)O.[Ti].[cH-]1c2c(c3c1CCCC3)CCCC2. The van der Waals surface area contributed by atoms with Gasteiger partial charge < -0.3 is 15.3 Å². The fourth-order valence-electron chi connectivity index (χ4n) is 3.72. The minimum Gasteiger partial charge on any atom is -0.481 e. The predicted molar refractivity (Wildman–Crippen MR) is 123 cm³/mol. The van der Waals surface area contributed by atoms with Crippen molar-refractivity contribution in [1.29, 1.82) is 0 Å². The molecule has 1 aromatic rings. The molecule has 0 atom stereocenters. The molecule has 0 saturated carbocycles. The number of carboxylic acids is 3. The first-order valence-corrected chi connectivity index (χ1v) is 11.7. The van der Waals surface area contributed by atoms with Crippen LogP contribution in [0, 0.1) is 0 Å². The van der Waals surface area contributed by atoms with Gasteiger partial charge in [-0.2, -0.15) is 28.3 Å². The normalized spacial score (nSPS) is 13.1. The summed E-state index contributed by atoms with van der Waals surface area (Å²) in [5.41, 5.74) is 6.94. The van der Waals surface area contributed by atoms with Crippen LogP contribution in [0.15, 0.2) is 6.07 Å². The third kappa shape index (κ3) is 15.3. The summed E-state index contributed by atoms with van der Waals surface area (Å²) in [6.45, 7) is 5.52. The minimum atomic E-state index is -0.711. The number of hydrogen-bond acceptors (Lipinski definition) is 3. The maximum atomic E-state index is 9.60. The molecule has 0 aromatic heterocycles. The van der Waals surface area contributed by atoms with Crippen LogP contribution in [0.1, 0.15) is 107 Å². The minimum absolute atomic E-state index is 0. The third-order valence-electron chi connectivity index (χ3n) is 5.13. The van der Waals surface area contributed by atoms with Gasteiger partial charge in [0.05, 0.1) is 0 Å². The van der Waals surface area contributed by atoms with E-state index in [4.69, 9.17) is 15.3 Å². The van der Waals surface area contributed by atoms with Gasteiger partial charge in [-0.25, -0.2) is 0 Å². The molecule has 7 heteroatoms. The number of rotatable bonds is 6. The maximum absolute atomic E-state index is 9.60. The molecule has 2 aliphatic carbocycles. The molecule has 3 N–H and O–H groups in total. The van der Waals surface area contributed by atoms with Crippen LogP contribution in [0.25, 0.3) is 0 Å². The van der Waals surface area contributed by atoms with Crippen LogP contribution in [0.2, 0.25) is 0 Å². The zero-order valence-corrected chi connectivity index (χ0v) is 21.6. The van der Waals surface area contributed by atoms with E-state index in [0.29, 0.717) is 19.3 Å². The zero-order valence-electron chi connectivity index (χ0n) is 20.0. The Kier molecular flexibility index (Phi) is 20.5. The Morgan fingerprint density at radius 2 is 0.906 bits per heavy atom. The van der Waals surface area contributed by atoms with Gasteiger partial charge in [0, 0.05) is 41.0 Å². The molecule has 32 heavy (non-hydrogen) atoms. The van der Waals surface area contributed by atoms with E-state index < -0.39 is 17.9 Å². The zero-order chi connectivity index (χ0) is 23.6. The van der Waals surface area contributed by atoms with Crippen LogP contribution in [0.4, 0.5) is 0 Å². The van der Waals surface area contributed by atoms with Gasteiger partial charge in [0.15, 0.2) is 0 Å². The molecule has 2 aliphatic rings. The average molecular weight is 485 g/mol. The Labute approximate surface area is 208 Å². The third-order valence-corrected chi connectivity index (χ3v) is 5.13. The molecule has 6 nitrogen and oxygen atoms in total. The van der Waals surface area contributed by atoms with Crippen LogP contribution in [-0.4, -0.2) is 33.2 Å². The summed E-state index contributed by atoms with van der Waals surface area (Å²) >= 11 is 0. The Morgan fingerprint density at radius 1 is 0.625 bits per heavy atom. The van der Waals surface area contributed by atoms with Crippen molar-refractivity contribution in [2.75, 3.05) is 0 Å². The summed E-state index contributed by atoms with van der Waals surface area (Å²) in [5, 5.41) is 23.7. The first kappa shape index (κ1) is 32.7. The van der Waals surface area contributed by atoms with Crippen LogP contribution in [0.5, 0.6) is 0 Å². The van der Waals surface area contributed by atoms with E-state index in [9.17, 15) is 14.4 Å². The average Bonchev–Trinajstić information content (AvgIpc) is 3.08. The van der Waals surface area contributed by atoms with Crippen molar-refractivity contribution in [2.24, 2.45) is 0 Å². The van der Waals surface area contributed by atoms with Gasteiger partial charge in [-0.05, 0) is 19.3 Å². The standard InChI is InChI=1S/C13H17.3C4H8O2.Ti/c1-3-7-12-10(5-1)9-11-6-2-4-8-13(11)12;3*1-2-3-4(5)6;/h9H,1-8H2;3*2-3H2,1H3,(H,5,6);/q-1;;;;. The van der Waals surface area contributed by atoms with E-state index in [-0.39, 0.29) is 21.7 Å². The van der Waals surface area contributed by atoms with Crippen LogP contribution >= 0.6 is 0 Å². The predicted octanol–water partition coefficient (Wildman–Crippen LogP) is 5.77. The number of aryl methyl sites for hydroxylation is 2. The first-order chi connectivity index (χ1) is 14.8. The van der Waals surface area contributed by atoms with Crippen molar-refractivity contribution in [2.45, 2.75) is 111 Å². The van der Waals surface area contributed by atoms with Crippen LogP contribution < -0.4 is 0 Å². The van der Waals surface area contributed by atoms with Gasteiger partial charge in [0.1, 0.15) is 0 Å². The van der Waals surface area contributed by atoms with Crippen molar-refractivity contribution < 1.29 is 51.4 Å².